The average molecular weight is 315 g/mol. The highest BCUT2D eigenvalue weighted by atomic mass is 32.1. The van der Waals surface area contributed by atoms with Gasteiger partial charge in [0, 0.05) is 38.7 Å². The molecule has 122 valence electrons. The fourth-order valence-electron chi connectivity index (χ4n) is 1.84. The molecule has 1 heterocycles. The summed E-state index contributed by atoms with van der Waals surface area (Å²) in [5, 5.41) is 4.51. The third-order valence-electron chi connectivity index (χ3n) is 2.99. The highest BCUT2D eigenvalue weighted by molar-refractivity contribution is 7.15. The minimum Gasteiger partial charge on any atom is -0.380 e. The maximum atomic E-state index is 5.40. The SMILES string of the molecule is CCOCCN(C)c1nc(COC)c(CNCC(C)C)s1. The standard InChI is InChI=1S/C15H29N3O2S/c1-6-20-8-7-18(4)15-17-13(11-19-5)14(21-15)10-16-9-12(2)3/h12,16H,6-11H2,1-5H3. The lowest BCUT2D eigenvalue weighted by atomic mass is 10.2. The van der Waals surface area contributed by atoms with Crippen molar-refractivity contribution in [1.82, 2.24) is 10.3 Å². The first-order valence-corrected chi connectivity index (χ1v) is 8.37. The molecular weight excluding hydrogens is 286 g/mol. The van der Waals surface area contributed by atoms with Gasteiger partial charge >= 0.3 is 0 Å². The van der Waals surface area contributed by atoms with E-state index < -0.39 is 0 Å². The molecule has 0 aliphatic carbocycles. The summed E-state index contributed by atoms with van der Waals surface area (Å²) in [6.07, 6.45) is 0. The van der Waals surface area contributed by atoms with Gasteiger partial charge in [-0.15, -0.1) is 11.3 Å². The fraction of sp³-hybridized carbons (Fsp3) is 0.800. The molecule has 0 spiro atoms. The molecule has 1 N–H and O–H groups in total. The third-order valence-corrected chi connectivity index (χ3v) is 4.20. The molecule has 0 aromatic carbocycles. The molecule has 0 aliphatic rings. The van der Waals surface area contributed by atoms with E-state index >= 15 is 0 Å². The molecule has 0 amide bonds. The van der Waals surface area contributed by atoms with E-state index in [2.05, 4.69) is 31.1 Å². The molecule has 0 unspecified atom stereocenters. The summed E-state index contributed by atoms with van der Waals surface area (Å²) < 4.78 is 10.7. The van der Waals surface area contributed by atoms with Crippen molar-refractivity contribution in [1.29, 1.82) is 0 Å². The number of likely N-dealkylation sites (N-methyl/N-ethyl adjacent to an activating group) is 1. The molecule has 0 aliphatic heterocycles. The summed E-state index contributed by atoms with van der Waals surface area (Å²) in [6.45, 7) is 11.2. The molecule has 0 radical (unpaired) electrons. The van der Waals surface area contributed by atoms with Gasteiger partial charge in [0.25, 0.3) is 0 Å². The van der Waals surface area contributed by atoms with Crippen molar-refractivity contribution >= 4 is 16.5 Å². The van der Waals surface area contributed by atoms with Crippen molar-refractivity contribution < 1.29 is 9.47 Å². The molecule has 5 nitrogen and oxygen atoms in total. The highest BCUT2D eigenvalue weighted by Crippen LogP contribution is 2.26. The third kappa shape index (κ3) is 6.74. The van der Waals surface area contributed by atoms with Crippen molar-refractivity contribution in [3.8, 4) is 0 Å². The summed E-state index contributed by atoms with van der Waals surface area (Å²) in [5.74, 6) is 0.650. The maximum absolute atomic E-state index is 5.40. The maximum Gasteiger partial charge on any atom is 0.185 e. The van der Waals surface area contributed by atoms with Crippen LogP contribution < -0.4 is 10.2 Å². The lowest BCUT2D eigenvalue weighted by Gasteiger charge is -2.15. The van der Waals surface area contributed by atoms with Crippen LogP contribution in [-0.4, -0.2) is 45.4 Å². The molecule has 1 aromatic heterocycles. The number of hydrogen-bond acceptors (Lipinski definition) is 6. The van der Waals surface area contributed by atoms with E-state index in [1.54, 1.807) is 18.4 Å². The Kier molecular flexibility index (Phi) is 8.84. The molecule has 6 heteroatoms. The monoisotopic (exact) mass is 315 g/mol. The van der Waals surface area contributed by atoms with Crippen molar-refractivity contribution in [2.24, 2.45) is 5.92 Å². The number of thiazole rings is 1. The predicted octanol–water partition coefficient (Wildman–Crippen LogP) is 2.51. The van der Waals surface area contributed by atoms with Gasteiger partial charge < -0.3 is 19.7 Å². The number of methoxy groups -OCH3 is 1. The summed E-state index contributed by atoms with van der Waals surface area (Å²) in [4.78, 5) is 8.10. The Hall–Kier alpha value is -0.690. The number of aromatic nitrogens is 1. The van der Waals surface area contributed by atoms with Crippen LogP contribution in [0.3, 0.4) is 0 Å². The van der Waals surface area contributed by atoms with Gasteiger partial charge in [-0.2, -0.15) is 0 Å². The zero-order valence-electron chi connectivity index (χ0n) is 13.9. The molecule has 0 saturated carbocycles. The minimum atomic E-state index is 0.564. The largest absolute Gasteiger partial charge is 0.380 e. The van der Waals surface area contributed by atoms with Crippen LogP contribution >= 0.6 is 11.3 Å². The van der Waals surface area contributed by atoms with Gasteiger partial charge in [0.05, 0.1) is 18.9 Å². The highest BCUT2D eigenvalue weighted by Gasteiger charge is 2.14. The van der Waals surface area contributed by atoms with E-state index in [0.29, 0.717) is 12.5 Å². The van der Waals surface area contributed by atoms with Crippen molar-refractivity contribution in [2.75, 3.05) is 45.4 Å². The minimum absolute atomic E-state index is 0.564. The predicted molar refractivity (Wildman–Crippen MR) is 89.1 cm³/mol. The summed E-state index contributed by atoms with van der Waals surface area (Å²) in [7, 11) is 3.77. The van der Waals surface area contributed by atoms with Gasteiger partial charge in [0.15, 0.2) is 5.13 Å². The normalized spacial score (nSPS) is 11.3. The summed E-state index contributed by atoms with van der Waals surface area (Å²) >= 11 is 1.73. The average Bonchev–Trinajstić information content (AvgIpc) is 2.82. The Morgan fingerprint density at radius 1 is 1.38 bits per heavy atom. The lowest BCUT2D eigenvalue weighted by molar-refractivity contribution is 0.154. The second-order valence-corrected chi connectivity index (χ2v) is 6.50. The van der Waals surface area contributed by atoms with Gasteiger partial charge in [-0.1, -0.05) is 13.8 Å². The molecule has 1 aromatic rings. The van der Waals surface area contributed by atoms with Crippen LogP contribution in [0.1, 0.15) is 31.3 Å². The Morgan fingerprint density at radius 3 is 2.76 bits per heavy atom. The van der Waals surface area contributed by atoms with Crippen LogP contribution in [0.2, 0.25) is 0 Å². The smallest absolute Gasteiger partial charge is 0.185 e. The summed E-state index contributed by atoms with van der Waals surface area (Å²) in [5.41, 5.74) is 1.04. The van der Waals surface area contributed by atoms with E-state index in [1.165, 1.54) is 4.88 Å². The molecule has 0 atom stereocenters. The van der Waals surface area contributed by atoms with Crippen molar-refractivity contribution in [3.05, 3.63) is 10.6 Å². The summed E-state index contributed by atoms with van der Waals surface area (Å²) in [6, 6.07) is 0. The zero-order valence-corrected chi connectivity index (χ0v) is 14.8. The molecule has 0 bridgehead atoms. The first-order chi connectivity index (χ1) is 10.1. The number of nitrogens with one attached hydrogen (secondary N) is 1. The van der Waals surface area contributed by atoms with Gasteiger partial charge in [0.2, 0.25) is 0 Å². The number of ether oxygens (including phenoxy) is 2. The van der Waals surface area contributed by atoms with E-state index in [0.717, 1.165) is 43.7 Å². The Morgan fingerprint density at radius 2 is 2.14 bits per heavy atom. The fourth-order valence-corrected chi connectivity index (χ4v) is 2.86. The topological polar surface area (TPSA) is 46.6 Å². The molecular formula is C15H29N3O2S. The van der Waals surface area contributed by atoms with Crippen LogP contribution in [-0.2, 0) is 22.6 Å². The van der Waals surface area contributed by atoms with Gasteiger partial charge in [-0.3, -0.25) is 0 Å². The van der Waals surface area contributed by atoms with Crippen LogP contribution in [0.5, 0.6) is 0 Å². The zero-order chi connectivity index (χ0) is 15.7. The molecule has 0 fully saturated rings. The van der Waals surface area contributed by atoms with Gasteiger partial charge in [-0.05, 0) is 19.4 Å². The van der Waals surface area contributed by atoms with Crippen LogP contribution in [0, 0.1) is 5.92 Å². The van der Waals surface area contributed by atoms with Gasteiger partial charge in [0.1, 0.15) is 0 Å². The second-order valence-electron chi connectivity index (χ2n) is 5.44. The number of rotatable bonds is 11. The molecule has 21 heavy (non-hydrogen) atoms. The van der Waals surface area contributed by atoms with Crippen LogP contribution in [0.4, 0.5) is 5.13 Å². The Labute approximate surface area is 132 Å². The van der Waals surface area contributed by atoms with E-state index in [-0.39, 0.29) is 0 Å². The van der Waals surface area contributed by atoms with E-state index in [9.17, 15) is 0 Å². The number of nitrogens with zero attached hydrogens (tertiary/aromatic N) is 2. The van der Waals surface area contributed by atoms with Gasteiger partial charge in [-0.25, -0.2) is 4.98 Å². The Balaban J connectivity index is 2.63. The Bertz CT molecular complexity index is 396. The quantitative estimate of drug-likeness (QED) is 0.636. The molecule has 0 saturated heterocycles. The first-order valence-electron chi connectivity index (χ1n) is 7.55. The first kappa shape index (κ1) is 18.4. The van der Waals surface area contributed by atoms with Crippen LogP contribution in [0.15, 0.2) is 0 Å². The second kappa shape index (κ2) is 10.1. The molecule has 1 rings (SSSR count). The van der Waals surface area contributed by atoms with Crippen LogP contribution in [0.25, 0.3) is 0 Å². The number of hydrogen-bond donors (Lipinski definition) is 1. The van der Waals surface area contributed by atoms with Crippen molar-refractivity contribution in [2.45, 2.75) is 33.9 Å². The number of anilines is 1. The van der Waals surface area contributed by atoms with E-state index in [1.807, 2.05) is 6.92 Å². The van der Waals surface area contributed by atoms with E-state index in [4.69, 9.17) is 14.5 Å². The lowest BCUT2D eigenvalue weighted by Crippen LogP contribution is -2.22. The van der Waals surface area contributed by atoms with Crippen molar-refractivity contribution in [3.63, 3.8) is 0 Å².